The van der Waals surface area contributed by atoms with Crippen LogP contribution in [-0.2, 0) is 9.59 Å². The Morgan fingerprint density at radius 1 is 1.06 bits per heavy atom. The Bertz CT molecular complexity index is 1090. The molecule has 2 aromatic carbocycles. The largest absolute Gasteiger partial charge is 0.507 e. The van der Waals surface area contributed by atoms with Crippen molar-refractivity contribution in [2.24, 2.45) is 0 Å². The average Bonchev–Trinajstić information content (AvgIpc) is 3.10. The van der Waals surface area contributed by atoms with Gasteiger partial charge in [0.25, 0.3) is 11.7 Å². The summed E-state index contributed by atoms with van der Waals surface area (Å²) in [5.74, 6) is -1.04. The van der Waals surface area contributed by atoms with Crippen LogP contribution in [0.5, 0.6) is 5.75 Å². The van der Waals surface area contributed by atoms with Crippen LogP contribution in [0.3, 0.4) is 0 Å². The molecule has 33 heavy (non-hydrogen) atoms. The second-order valence-corrected chi connectivity index (χ2v) is 9.24. The number of aliphatic hydroxyl groups excluding tert-OH is 1. The van der Waals surface area contributed by atoms with Crippen LogP contribution in [0, 0.1) is 0 Å². The van der Waals surface area contributed by atoms with E-state index in [0.717, 1.165) is 43.4 Å². The van der Waals surface area contributed by atoms with Gasteiger partial charge in [-0.05, 0) is 48.7 Å². The van der Waals surface area contributed by atoms with Crippen LogP contribution in [0.2, 0.25) is 5.02 Å². The number of halogens is 1. The number of aliphatic hydroxyl groups is 1. The Morgan fingerprint density at radius 3 is 2.33 bits per heavy atom. The molecular weight excluding hydrogens is 440 g/mol. The van der Waals surface area contributed by atoms with Gasteiger partial charge in [-0.25, -0.2) is 0 Å². The number of rotatable bonds is 5. The zero-order valence-electron chi connectivity index (χ0n) is 19.2. The summed E-state index contributed by atoms with van der Waals surface area (Å²) in [4.78, 5) is 30.2. The Morgan fingerprint density at radius 2 is 1.73 bits per heavy atom. The first-order valence-electron chi connectivity index (χ1n) is 11.2. The SMILES string of the molecule is COc1cc(/C(O)=C2/C(=O)C(=O)N(C3CCCCC3)C2c2ccc(N(C)C)cc2)ccc1Cl. The maximum atomic E-state index is 13.3. The summed E-state index contributed by atoms with van der Waals surface area (Å²) >= 11 is 6.15. The molecule has 1 saturated heterocycles. The van der Waals surface area contributed by atoms with Gasteiger partial charge < -0.3 is 19.6 Å². The van der Waals surface area contributed by atoms with Gasteiger partial charge in [-0.15, -0.1) is 0 Å². The quantitative estimate of drug-likeness (QED) is 0.372. The van der Waals surface area contributed by atoms with Gasteiger partial charge in [0.15, 0.2) is 0 Å². The van der Waals surface area contributed by atoms with Crippen LogP contribution in [-0.4, -0.2) is 48.9 Å². The Kier molecular flexibility index (Phi) is 6.66. The molecule has 4 rings (SSSR count). The van der Waals surface area contributed by atoms with Crippen molar-refractivity contribution in [1.29, 1.82) is 0 Å². The molecule has 0 radical (unpaired) electrons. The van der Waals surface area contributed by atoms with Crippen molar-refractivity contribution in [3.05, 3.63) is 64.2 Å². The van der Waals surface area contributed by atoms with Crippen LogP contribution in [0.4, 0.5) is 5.69 Å². The Labute approximate surface area is 199 Å². The molecule has 0 spiro atoms. The third-order valence-electron chi connectivity index (χ3n) is 6.60. The van der Waals surface area contributed by atoms with E-state index in [4.69, 9.17) is 16.3 Å². The van der Waals surface area contributed by atoms with Gasteiger partial charge in [0.2, 0.25) is 0 Å². The second-order valence-electron chi connectivity index (χ2n) is 8.83. The minimum absolute atomic E-state index is 0.0289. The minimum Gasteiger partial charge on any atom is -0.507 e. The number of hydrogen-bond donors (Lipinski definition) is 1. The number of likely N-dealkylation sites (tertiary alicyclic amines) is 1. The lowest BCUT2D eigenvalue weighted by molar-refractivity contribution is -0.141. The number of anilines is 1. The summed E-state index contributed by atoms with van der Waals surface area (Å²) in [5, 5.41) is 11.7. The molecule has 1 heterocycles. The van der Waals surface area contributed by atoms with Crippen LogP contribution in [0.25, 0.3) is 5.76 Å². The Balaban J connectivity index is 1.86. The monoisotopic (exact) mass is 468 g/mol. The molecule has 2 aliphatic rings. The predicted octanol–water partition coefficient (Wildman–Crippen LogP) is 5.17. The number of carbonyl (C=O) groups is 2. The predicted molar refractivity (Wildman–Crippen MR) is 130 cm³/mol. The molecule has 0 aromatic heterocycles. The molecule has 7 heteroatoms. The standard InChI is InChI=1S/C26H29ClN2O4/c1-28(2)18-12-9-16(10-13-18)23-22(24(30)17-11-14-20(27)21(15-17)33-3)25(31)26(32)29(23)19-7-5-4-6-8-19/h9-15,19,23,30H,4-8H2,1-3H3/b24-22-. The highest BCUT2D eigenvalue weighted by Gasteiger charge is 2.48. The first-order chi connectivity index (χ1) is 15.8. The summed E-state index contributed by atoms with van der Waals surface area (Å²) in [7, 11) is 5.40. The van der Waals surface area contributed by atoms with E-state index in [-0.39, 0.29) is 17.4 Å². The summed E-state index contributed by atoms with van der Waals surface area (Å²) < 4.78 is 5.28. The highest BCUT2D eigenvalue weighted by molar-refractivity contribution is 6.46. The van der Waals surface area contributed by atoms with E-state index in [9.17, 15) is 14.7 Å². The molecular formula is C26H29ClN2O4. The molecule has 1 aliphatic heterocycles. The highest BCUT2D eigenvalue weighted by atomic mass is 35.5. The summed E-state index contributed by atoms with van der Waals surface area (Å²) in [5.41, 5.74) is 2.30. The maximum Gasteiger partial charge on any atom is 0.295 e. The van der Waals surface area contributed by atoms with Crippen molar-refractivity contribution in [1.82, 2.24) is 4.90 Å². The van der Waals surface area contributed by atoms with Gasteiger partial charge in [-0.3, -0.25) is 9.59 Å². The van der Waals surface area contributed by atoms with E-state index < -0.39 is 17.7 Å². The fourth-order valence-corrected chi connectivity index (χ4v) is 5.03. The minimum atomic E-state index is -0.659. The highest BCUT2D eigenvalue weighted by Crippen LogP contribution is 2.43. The summed E-state index contributed by atoms with van der Waals surface area (Å²) in [6.45, 7) is 0. The van der Waals surface area contributed by atoms with E-state index in [2.05, 4.69) is 0 Å². The second kappa shape index (κ2) is 9.48. The lowest BCUT2D eigenvalue weighted by Crippen LogP contribution is -2.40. The molecule has 1 unspecified atom stereocenters. The smallest absolute Gasteiger partial charge is 0.295 e. The topological polar surface area (TPSA) is 70.1 Å². The van der Waals surface area contributed by atoms with Gasteiger partial charge in [-0.2, -0.15) is 0 Å². The summed E-state index contributed by atoms with van der Waals surface area (Å²) in [6.07, 6.45) is 4.89. The third kappa shape index (κ3) is 4.32. The molecule has 2 aromatic rings. The van der Waals surface area contributed by atoms with E-state index >= 15 is 0 Å². The van der Waals surface area contributed by atoms with Crippen molar-refractivity contribution < 1.29 is 19.4 Å². The van der Waals surface area contributed by atoms with Gasteiger partial charge in [0.05, 0.1) is 23.7 Å². The molecule has 1 saturated carbocycles. The van der Waals surface area contributed by atoms with Crippen LogP contribution in [0.1, 0.15) is 49.3 Å². The van der Waals surface area contributed by atoms with E-state index in [1.165, 1.54) is 7.11 Å². The van der Waals surface area contributed by atoms with Gasteiger partial charge in [0, 0.05) is 31.4 Å². The van der Waals surface area contributed by atoms with Crippen molar-refractivity contribution in [3.8, 4) is 5.75 Å². The molecule has 1 amide bonds. The number of ether oxygens (including phenoxy) is 1. The molecule has 174 valence electrons. The number of hydrogen-bond acceptors (Lipinski definition) is 5. The number of amides is 1. The van der Waals surface area contributed by atoms with Crippen molar-refractivity contribution >= 4 is 34.7 Å². The maximum absolute atomic E-state index is 13.3. The van der Waals surface area contributed by atoms with Crippen LogP contribution in [0.15, 0.2) is 48.0 Å². The van der Waals surface area contributed by atoms with Gasteiger partial charge >= 0.3 is 0 Å². The number of nitrogens with zero attached hydrogens (tertiary/aromatic N) is 2. The van der Waals surface area contributed by atoms with E-state index in [0.29, 0.717) is 16.3 Å². The van der Waals surface area contributed by atoms with Crippen LogP contribution >= 0.6 is 11.6 Å². The van der Waals surface area contributed by atoms with E-state index in [1.807, 2.05) is 43.3 Å². The summed E-state index contributed by atoms with van der Waals surface area (Å²) in [6, 6.07) is 11.9. The lowest BCUT2D eigenvalue weighted by Gasteiger charge is -2.35. The fraction of sp³-hybridized carbons (Fsp3) is 0.385. The van der Waals surface area contributed by atoms with Crippen molar-refractivity contribution in [3.63, 3.8) is 0 Å². The van der Waals surface area contributed by atoms with Crippen molar-refractivity contribution in [2.45, 2.75) is 44.2 Å². The lowest BCUT2D eigenvalue weighted by atomic mass is 9.91. The van der Waals surface area contributed by atoms with Crippen LogP contribution < -0.4 is 9.64 Å². The number of Topliss-reactive ketones (excluding diaryl/α,β-unsaturated/α-hetero) is 1. The number of ketones is 1. The number of benzene rings is 2. The molecule has 2 fully saturated rings. The third-order valence-corrected chi connectivity index (χ3v) is 6.91. The van der Waals surface area contributed by atoms with Gasteiger partial charge in [-0.1, -0.05) is 43.0 Å². The number of carbonyl (C=O) groups excluding carboxylic acids is 2. The normalized spacial score (nSPS) is 20.8. The van der Waals surface area contributed by atoms with Gasteiger partial charge in [0.1, 0.15) is 11.5 Å². The molecule has 1 aliphatic carbocycles. The zero-order valence-corrected chi connectivity index (χ0v) is 19.9. The Hall–Kier alpha value is -2.99. The molecule has 0 bridgehead atoms. The van der Waals surface area contributed by atoms with E-state index in [1.54, 1.807) is 23.1 Å². The fourth-order valence-electron chi connectivity index (χ4n) is 4.83. The molecule has 6 nitrogen and oxygen atoms in total. The van der Waals surface area contributed by atoms with Crippen molar-refractivity contribution in [2.75, 3.05) is 26.1 Å². The zero-order chi connectivity index (χ0) is 23.7. The molecule has 1 N–H and O–H groups in total. The number of methoxy groups -OCH3 is 1. The first-order valence-corrected chi connectivity index (χ1v) is 11.6. The first kappa shape index (κ1) is 23.2. The molecule has 1 atom stereocenters. The average molecular weight is 469 g/mol.